The van der Waals surface area contributed by atoms with Gasteiger partial charge in [-0.1, -0.05) is 13.8 Å². The number of nitrogens with zero attached hydrogens (tertiary/aromatic N) is 1. The molecule has 2 rings (SSSR count). The van der Waals surface area contributed by atoms with Gasteiger partial charge in [0.25, 0.3) is 0 Å². The van der Waals surface area contributed by atoms with E-state index in [4.69, 9.17) is 4.74 Å². The quantitative estimate of drug-likeness (QED) is 0.890. The number of aryl methyl sites for hydroxylation is 1. The minimum Gasteiger partial charge on any atom is -0.375 e. The first kappa shape index (κ1) is 14.0. The van der Waals surface area contributed by atoms with Crippen LogP contribution in [-0.2, 0) is 11.3 Å². The third kappa shape index (κ3) is 3.31. The Morgan fingerprint density at radius 3 is 2.89 bits per heavy atom. The summed E-state index contributed by atoms with van der Waals surface area (Å²) in [4.78, 5) is 4.50. The molecule has 0 aliphatic carbocycles. The molecule has 0 radical (unpaired) electrons. The van der Waals surface area contributed by atoms with E-state index in [2.05, 4.69) is 36.5 Å². The van der Waals surface area contributed by atoms with Gasteiger partial charge >= 0.3 is 0 Å². The molecule has 1 fully saturated rings. The Labute approximate surface area is 114 Å². The molecule has 1 saturated heterocycles. The van der Waals surface area contributed by atoms with E-state index in [0.717, 1.165) is 43.8 Å². The van der Waals surface area contributed by atoms with Gasteiger partial charge in [-0.25, -0.2) is 4.98 Å². The number of hydrogen-bond donors (Lipinski definition) is 1. The fourth-order valence-electron chi connectivity index (χ4n) is 2.68. The Morgan fingerprint density at radius 1 is 1.50 bits per heavy atom. The van der Waals surface area contributed by atoms with Gasteiger partial charge in [0, 0.05) is 24.6 Å². The standard InChI is InChI=1S/C14H24N2OS/c1-4-14(5-2)8-12(6-7-17-14)15-9-13-10-18-11(3)16-13/h10,12,15H,4-9H2,1-3H3. The Kier molecular flexibility index (Phi) is 4.76. The van der Waals surface area contributed by atoms with Gasteiger partial charge < -0.3 is 10.1 Å². The van der Waals surface area contributed by atoms with E-state index in [1.807, 2.05) is 0 Å². The molecule has 0 aromatic carbocycles. The Balaban J connectivity index is 1.86. The highest BCUT2D eigenvalue weighted by Crippen LogP contribution is 2.31. The maximum absolute atomic E-state index is 6.00. The van der Waals surface area contributed by atoms with E-state index >= 15 is 0 Å². The summed E-state index contributed by atoms with van der Waals surface area (Å²) in [7, 11) is 0. The molecule has 2 heterocycles. The van der Waals surface area contributed by atoms with Crippen molar-refractivity contribution in [3.05, 3.63) is 16.1 Å². The molecule has 1 aliphatic rings. The third-order valence-corrected chi connectivity index (χ3v) is 4.84. The van der Waals surface area contributed by atoms with Crippen LogP contribution in [0.1, 0.15) is 50.2 Å². The third-order valence-electron chi connectivity index (χ3n) is 4.02. The predicted octanol–water partition coefficient (Wildman–Crippen LogP) is 3.28. The number of nitrogens with one attached hydrogen (secondary N) is 1. The number of hydrogen-bond acceptors (Lipinski definition) is 4. The lowest BCUT2D eigenvalue weighted by atomic mass is 9.86. The molecule has 102 valence electrons. The van der Waals surface area contributed by atoms with Crippen LogP contribution in [0.2, 0.25) is 0 Å². The van der Waals surface area contributed by atoms with Gasteiger partial charge in [0.15, 0.2) is 0 Å². The lowest BCUT2D eigenvalue weighted by Crippen LogP contribution is -2.46. The molecule has 1 unspecified atom stereocenters. The highest BCUT2D eigenvalue weighted by atomic mass is 32.1. The van der Waals surface area contributed by atoms with Crippen LogP contribution in [0.4, 0.5) is 0 Å². The fourth-order valence-corrected chi connectivity index (χ4v) is 3.30. The highest BCUT2D eigenvalue weighted by Gasteiger charge is 2.34. The molecular formula is C14H24N2OS. The van der Waals surface area contributed by atoms with Gasteiger partial charge in [-0.05, 0) is 32.6 Å². The van der Waals surface area contributed by atoms with E-state index in [1.165, 1.54) is 5.69 Å². The van der Waals surface area contributed by atoms with E-state index in [-0.39, 0.29) is 5.60 Å². The zero-order valence-corrected chi connectivity index (χ0v) is 12.5. The lowest BCUT2D eigenvalue weighted by Gasteiger charge is -2.40. The molecule has 0 amide bonds. The van der Waals surface area contributed by atoms with Gasteiger partial charge in [0.2, 0.25) is 0 Å². The molecular weight excluding hydrogens is 244 g/mol. The molecule has 18 heavy (non-hydrogen) atoms. The van der Waals surface area contributed by atoms with E-state index in [9.17, 15) is 0 Å². The summed E-state index contributed by atoms with van der Waals surface area (Å²) in [6.45, 7) is 8.29. The number of aromatic nitrogens is 1. The topological polar surface area (TPSA) is 34.2 Å². The zero-order valence-electron chi connectivity index (χ0n) is 11.7. The van der Waals surface area contributed by atoms with Crippen LogP contribution in [0.25, 0.3) is 0 Å². The van der Waals surface area contributed by atoms with Crippen molar-refractivity contribution in [2.45, 2.75) is 64.6 Å². The Bertz CT molecular complexity index is 374. The van der Waals surface area contributed by atoms with Gasteiger partial charge in [-0.15, -0.1) is 11.3 Å². The van der Waals surface area contributed by atoms with Crippen molar-refractivity contribution in [1.82, 2.24) is 10.3 Å². The van der Waals surface area contributed by atoms with Crippen LogP contribution >= 0.6 is 11.3 Å². The number of ether oxygens (including phenoxy) is 1. The number of thiazole rings is 1. The van der Waals surface area contributed by atoms with Crippen molar-refractivity contribution >= 4 is 11.3 Å². The molecule has 3 nitrogen and oxygen atoms in total. The van der Waals surface area contributed by atoms with E-state index < -0.39 is 0 Å². The highest BCUT2D eigenvalue weighted by molar-refractivity contribution is 7.09. The molecule has 1 aliphatic heterocycles. The SMILES string of the molecule is CCC1(CC)CC(NCc2csc(C)n2)CCO1. The summed E-state index contributed by atoms with van der Waals surface area (Å²) in [5.41, 5.74) is 1.27. The van der Waals surface area contributed by atoms with Crippen LogP contribution in [0.15, 0.2) is 5.38 Å². The molecule has 0 saturated carbocycles. The summed E-state index contributed by atoms with van der Waals surface area (Å²) in [6.07, 6.45) is 4.46. The molecule has 1 aromatic heterocycles. The summed E-state index contributed by atoms with van der Waals surface area (Å²) < 4.78 is 6.00. The van der Waals surface area contributed by atoms with Crippen molar-refractivity contribution in [1.29, 1.82) is 0 Å². The Morgan fingerprint density at radius 2 is 2.28 bits per heavy atom. The van der Waals surface area contributed by atoms with Crippen LogP contribution in [0, 0.1) is 6.92 Å². The second-order valence-corrected chi connectivity index (χ2v) is 6.23. The first-order valence-corrected chi connectivity index (χ1v) is 7.84. The largest absolute Gasteiger partial charge is 0.375 e. The van der Waals surface area contributed by atoms with Crippen molar-refractivity contribution < 1.29 is 4.74 Å². The van der Waals surface area contributed by atoms with Gasteiger partial charge in [-0.3, -0.25) is 0 Å². The van der Waals surface area contributed by atoms with Crippen molar-refractivity contribution in [3.63, 3.8) is 0 Å². The van der Waals surface area contributed by atoms with Crippen LogP contribution < -0.4 is 5.32 Å². The molecule has 0 spiro atoms. The van der Waals surface area contributed by atoms with Gasteiger partial charge in [-0.2, -0.15) is 0 Å². The maximum atomic E-state index is 6.00. The summed E-state index contributed by atoms with van der Waals surface area (Å²) >= 11 is 1.72. The molecule has 0 bridgehead atoms. The maximum Gasteiger partial charge on any atom is 0.0897 e. The van der Waals surface area contributed by atoms with Gasteiger partial charge in [0.05, 0.1) is 16.3 Å². The smallest absolute Gasteiger partial charge is 0.0897 e. The lowest BCUT2D eigenvalue weighted by molar-refractivity contribution is -0.0932. The normalized spacial score (nSPS) is 23.2. The second-order valence-electron chi connectivity index (χ2n) is 5.17. The predicted molar refractivity (Wildman–Crippen MR) is 76.0 cm³/mol. The van der Waals surface area contributed by atoms with Crippen LogP contribution in [-0.4, -0.2) is 23.2 Å². The van der Waals surface area contributed by atoms with Crippen molar-refractivity contribution in [3.8, 4) is 0 Å². The molecule has 1 atom stereocenters. The minimum absolute atomic E-state index is 0.105. The number of rotatable bonds is 5. The summed E-state index contributed by atoms with van der Waals surface area (Å²) in [6, 6.07) is 0.570. The van der Waals surface area contributed by atoms with Crippen molar-refractivity contribution in [2.24, 2.45) is 0 Å². The zero-order chi connectivity index (χ0) is 13.0. The first-order valence-electron chi connectivity index (χ1n) is 6.96. The minimum atomic E-state index is 0.105. The molecule has 1 N–H and O–H groups in total. The summed E-state index contributed by atoms with van der Waals surface area (Å²) in [5, 5.41) is 6.93. The van der Waals surface area contributed by atoms with Crippen LogP contribution in [0.3, 0.4) is 0 Å². The van der Waals surface area contributed by atoms with Crippen molar-refractivity contribution in [2.75, 3.05) is 6.61 Å². The summed E-state index contributed by atoms with van der Waals surface area (Å²) in [5.74, 6) is 0. The second kappa shape index (κ2) is 6.13. The van der Waals surface area contributed by atoms with E-state index in [0.29, 0.717) is 6.04 Å². The molecule has 1 aromatic rings. The van der Waals surface area contributed by atoms with Gasteiger partial charge in [0.1, 0.15) is 0 Å². The fraction of sp³-hybridized carbons (Fsp3) is 0.786. The average molecular weight is 268 g/mol. The monoisotopic (exact) mass is 268 g/mol. The molecule has 4 heteroatoms. The van der Waals surface area contributed by atoms with Crippen LogP contribution in [0.5, 0.6) is 0 Å². The average Bonchev–Trinajstić information content (AvgIpc) is 2.82. The Hall–Kier alpha value is -0.450. The first-order chi connectivity index (χ1) is 8.67. The van der Waals surface area contributed by atoms with E-state index in [1.54, 1.807) is 11.3 Å².